The number of carboxylic acids is 1. The maximum atomic E-state index is 12.3. The molecule has 0 saturated carbocycles. The van der Waals surface area contributed by atoms with Crippen LogP contribution in [0.4, 0.5) is 13.2 Å². The Morgan fingerprint density at radius 2 is 2.15 bits per heavy atom. The number of carboxylic acid groups (broad SMARTS) is 1. The number of carbonyl (C=O) groups is 1. The van der Waals surface area contributed by atoms with Gasteiger partial charge in [0.1, 0.15) is 5.01 Å². The second-order valence-electron chi connectivity index (χ2n) is 3.85. The van der Waals surface area contributed by atoms with Crippen LogP contribution in [0, 0.1) is 0 Å². The highest BCUT2D eigenvalue weighted by Gasteiger charge is 2.44. The molecule has 20 heavy (non-hydrogen) atoms. The molecule has 0 amide bonds. The van der Waals surface area contributed by atoms with Crippen molar-refractivity contribution in [2.75, 3.05) is 0 Å². The van der Waals surface area contributed by atoms with E-state index in [1.165, 1.54) is 5.38 Å². The zero-order valence-corrected chi connectivity index (χ0v) is 11.8. The maximum absolute atomic E-state index is 12.3. The van der Waals surface area contributed by atoms with Gasteiger partial charge in [0.05, 0.1) is 18.7 Å². The average Bonchev–Trinajstić information content (AvgIpc) is 2.71. The minimum atomic E-state index is -4.86. The van der Waals surface area contributed by atoms with Crippen LogP contribution >= 0.6 is 11.3 Å². The molecule has 11 heteroatoms. The third kappa shape index (κ3) is 4.72. The van der Waals surface area contributed by atoms with Gasteiger partial charge < -0.3 is 5.11 Å². The van der Waals surface area contributed by atoms with Crippen LogP contribution in [0.3, 0.4) is 0 Å². The highest BCUT2D eigenvalue weighted by molar-refractivity contribution is 7.90. The number of aliphatic carboxylic acids is 1. The molecule has 0 bridgehead atoms. The van der Waals surface area contributed by atoms with Gasteiger partial charge in [0.15, 0.2) is 5.25 Å². The normalized spacial score (nSPS) is 14.2. The van der Waals surface area contributed by atoms with Crippen molar-refractivity contribution in [3.63, 3.8) is 0 Å². The van der Waals surface area contributed by atoms with Gasteiger partial charge in [0.2, 0.25) is 10.0 Å². The number of aromatic nitrogens is 1. The van der Waals surface area contributed by atoms with Gasteiger partial charge in [-0.05, 0) is 6.92 Å². The Labute approximate surface area is 116 Å². The molecule has 0 aliphatic carbocycles. The van der Waals surface area contributed by atoms with Crippen molar-refractivity contribution in [2.45, 2.75) is 31.3 Å². The Morgan fingerprint density at radius 3 is 2.65 bits per heavy atom. The molecule has 0 fully saturated rings. The molecule has 0 aromatic carbocycles. The van der Waals surface area contributed by atoms with E-state index < -0.39 is 34.0 Å². The molecule has 0 spiro atoms. The van der Waals surface area contributed by atoms with Crippen molar-refractivity contribution in [1.29, 1.82) is 0 Å². The van der Waals surface area contributed by atoms with Crippen molar-refractivity contribution >= 4 is 27.3 Å². The Bertz CT molecular complexity index is 582. The summed E-state index contributed by atoms with van der Waals surface area (Å²) < 4.78 is 61.5. The predicted octanol–water partition coefficient (Wildman–Crippen LogP) is 1.14. The second kappa shape index (κ2) is 6.06. The van der Waals surface area contributed by atoms with Crippen LogP contribution in [0.25, 0.3) is 0 Å². The molecule has 1 rings (SSSR count). The highest BCUT2D eigenvalue weighted by Crippen LogP contribution is 2.25. The van der Waals surface area contributed by atoms with E-state index in [1.807, 2.05) is 0 Å². The second-order valence-corrected chi connectivity index (χ2v) is 6.88. The smallest absolute Gasteiger partial charge is 0.406 e. The van der Waals surface area contributed by atoms with Gasteiger partial charge in [-0.3, -0.25) is 4.79 Å². The van der Waals surface area contributed by atoms with Gasteiger partial charge in [-0.15, -0.1) is 11.3 Å². The van der Waals surface area contributed by atoms with Crippen LogP contribution in [0.15, 0.2) is 5.38 Å². The summed E-state index contributed by atoms with van der Waals surface area (Å²) in [5.41, 5.74) is 0.223. The molecule has 2 N–H and O–H groups in total. The average molecular weight is 332 g/mol. The van der Waals surface area contributed by atoms with Gasteiger partial charge in [0.25, 0.3) is 0 Å². The van der Waals surface area contributed by atoms with Gasteiger partial charge >= 0.3 is 12.1 Å². The number of rotatable bonds is 6. The predicted molar refractivity (Wildman–Crippen MR) is 64.7 cm³/mol. The number of nitrogens with zero attached hydrogens (tertiary/aromatic N) is 1. The van der Waals surface area contributed by atoms with Crippen LogP contribution in [-0.4, -0.2) is 35.9 Å². The molecule has 1 heterocycles. The monoisotopic (exact) mass is 332 g/mol. The van der Waals surface area contributed by atoms with Crippen LogP contribution < -0.4 is 4.72 Å². The Balaban J connectivity index is 2.67. The van der Waals surface area contributed by atoms with E-state index in [-0.39, 0.29) is 17.1 Å². The molecule has 0 aliphatic heterocycles. The fourth-order valence-electron chi connectivity index (χ4n) is 1.13. The summed E-state index contributed by atoms with van der Waals surface area (Å²) >= 11 is 0.969. The van der Waals surface area contributed by atoms with Crippen molar-refractivity contribution in [2.24, 2.45) is 0 Å². The van der Waals surface area contributed by atoms with Crippen molar-refractivity contribution in [1.82, 2.24) is 9.71 Å². The van der Waals surface area contributed by atoms with E-state index in [4.69, 9.17) is 5.11 Å². The number of hydrogen-bond donors (Lipinski definition) is 2. The van der Waals surface area contributed by atoms with Crippen LogP contribution in [0.5, 0.6) is 0 Å². The van der Waals surface area contributed by atoms with Crippen molar-refractivity contribution in [3.05, 3.63) is 16.1 Å². The van der Waals surface area contributed by atoms with E-state index in [1.54, 1.807) is 4.72 Å². The van der Waals surface area contributed by atoms with Crippen molar-refractivity contribution in [3.8, 4) is 0 Å². The van der Waals surface area contributed by atoms with Crippen LogP contribution in [0.1, 0.15) is 17.6 Å². The van der Waals surface area contributed by atoms with Gasteiger partial charge in [-0.2, -0.15) is 13.2 Å². The molecule has 1 atom stereocenters. The molecule has 1 aromatic heterocycles. The number of nitrogens with one attached hydrogen (secondary N) is 1. The van der Waals surface area contributed by atoms with E-state index >= 15 is 0 Å². The standard InChI is InChI=1S/C9H11F3N2O4S2/c1-5(9(10,11)12)20(17,18)13-3-7-14-6(4-19-7)2-8(15)16/h4-5,13H,2-3H2,1H3,(H,15,16). The van der Waals surface area contributed by atoms with E-state index in [2.05, 4.69) is 4.98 Å². The van der Waals surface area contributed by atoms with Crippen LogP contribution in [-0.2, 0) is 27.8 Å². The first-order valence-corrected chi connectivity index (χ1v) is 7.65. The quantitative estimate of drug-likeness (QED) is 0.814. The zero-order valence-electron chi connectivity index (χ0n) is 10.1. The van der Waals surface area contributed by atoms with E-state index in [0.29, 0.717) is 6.92 Å². The zero-order chi connectivity index (χ0) is 15.6. The lowest BCUT2D eigenvalue weighted by atomic mass is 10.3. The first kappa shape index (κ1) is 16.9. The minimum Gasteiger partial charge on any atom is -0.481 e. The fraction of sp³-hybridized carbons (Fsp3) is 0.556. The number of alkyl halides is 3. The summed E-state index contributed by atoms with van der Waals surface area (Å²) in [6.45, 7) is 0.132. The topological polar surface area (TPSA) is 96.4 Å². The minimum absolute atomic E-state index is 0.194. The van der Waals surface area contributed by atoms with E-state index in [0.717, 1.165) is 11.3 Å². The fourth-order valence-corrected chi connectivity index (χ4v) is 2.89. The molecule has 0 radical (unpaired) electrons. The third-order valence-electron chi connectivity index (χ3n) is 2.28. The number of sulfonamides is 1. The molecule has 114 valence electrons. The SMILES string of the molecule is CC(C(F)(F)F)S(=O)(=O)NCc1nc(CC(=O)O)cs1. The van der Waals surface area contributed by atoms with Crippen molar-refractivity contribution < 1.29 is 31.5 Å². The van der Waals surface area contributed by atoms with Gasteiger partial charge in [-0.25, -0.2) is 18.1 Å². The first-order valence-electron chi connectivity index (χ1n) is 5.22. The largest absolute Gasteiger partial charge is 0.481 e. The Hall–Kier alpha value is -1.20. The molecule has 0 saturated heterocycles. The molecule has 1 aromatic rings. The summed E-state index contributed by atoms with van der Waals surface area (Å²) in [5, 5.41) is 7.59. The van der Waals surface area contributed by atoms with Gasteiger partial charge in [0, 0.05) is 5.38 Å². The molecule has 1 unspecified atom stereocenters. The molecule has 0 aliphatic rings. The van der Waals surface area contributed by atoms with E-state index in [9.17, 15) is 26.4 Å². The summed E-state index contributed by atoms with van der Waals surface area (Å²) in [7, 11) is -4.55. The van der Waals surface area contributed by atoms with Gasteiger partial charge in [-0.1, -0.05) is 0 Å². The molecular weight excluding hydrogens is 321 g/mol. The highest BCUT2D eigenvalue weighted by atomic mass is 32.2. The lowest BCUT2D eigenvalue weighted by Crippen LogP contribution is -2.41. The summed E-state index contributed by atoms with van der Waals surface area (Å²) in [4.78, 5) is 14.2. The van der Waals surface area contributed by atoms with Crippen LogP contribution in [0.2, 0.25) is 0 Å². The summed E-state index contributed by atoms with van der Waals surface area (Å²) in [6, 6.07) is 0. The Morgan fingerprint density at radius 1 is 1.55 bits per heavy atom. The lowest BCUT2D eigenvalue weighted by Gasteiger charge is -2.16. The number of halogens is 3. The molecular formula is C9H11F3N2O4S2. The number of thiazole rings is 1. The summed E-state index contributed by atoms with van der Waals surface area (Å²) in [6.07, 6.45) is -5.19. The first-order chi connectivity index (χ1) is 9.02. The number of hydrogen-bond acceptors (Lipinski definition) is 5. The third-order valence-corrected chi connectivity index (χ3v) is 4.93. The lowest BCUT2D eigenvalue weighted by molar-refractivity contribution is -0.136. The maximum Gasteiger partial charge on any atom is 0.406 e. The summed E-state index contributed by atoms with van der Waals surface area (Å²) in [5.74, 6) is -1.10. The molecule has 6 nitrogen and oxygen atoms in total. The Kier molecular flexibility index (Phi) is 5.10.